The van der Waals surface area contributed by atoms with Crippen LogP contribution in [0.3, 0.4) is 0 Å². The molecule has 0 aromatic heterocycles. The van der Waals surface area contributed by atoms with Gasteiger partial charge in [0.25, 0.3) is 0 Å². The average Bonchev–Trinajstić information content (AvgIpc) is 3.28. The van der Waals surface area contributed by atoms with Crippen molar-refractivity contribution in [1.29, 1.82) is 0 Å². The minimum atomic E-state index is 1.27. The zero-order valence-electron chi connectivity index (χ0n) is 12.9. The van der Waals surface area contributed by atoms with Crippen LogP contribution in [-0.4, -0.2) is 23.4 Å². The first-order valence-corrected chi connectivity index (χ1v) is 10.5. The number of hydrogen-bond acceptors (Lipinski definition) is 2. The molecule has 114 valence electrons. The van der Waals surface area contributed by atoms with Crippen molar-refractivity contribution < 1.29 is 4.58 Å². The molecule has 2 aliphatic heterocycles. The van der Waals surface area contributed by atoms with Gasteiger partial charge >= 0.3 is 0 Å². The van der Waals surface area contributed by atoms with Crippen molar-refractivity contribution in [1.82, 2.24) is 0 Å². The molecule has 1 aromatic rings. The van der Waals surface area contributed by atoms with Gasteiger partial charge in [0.1, 0.15) is 13.1 Å². The van der Waals surface area contributed by atoms with Crippen LogP contribution in [-0.2, 0) is 0 Å². The van der Waals surface area contributed by atoms with Crippen LogP contribution in [0.1, 0.15) is 44.1 Å². The second-order valence-electron chi connectivity index (χ2n) is 6.23. The second-order valence-corrected chi connectivity index (χ2v) is 8.45. The molecule has 1 nitrogen and oxygen atoms in total. The van der Waals surface area contributed by atoms with Gasteiger partial charge in [0.2, 0.25) is 0 Å². The molecular weight excluding hydrogens is 306 g/mol. The molecule has 0 amide bonds. The van der Waals surface area contributed by atoms with Crippen molar-refractivity contribution in [3.63, 3.8) is 0 Å². The van der Waals surface area contributed by atoms with Crippen LogP contribution in [0.5, 0.6) is 0 Å². The molecule has 3 heteroatoms. The third-order valence-electron chi connectivity index (χ3n) is 4.77. The summed E-state index contributed by atoms with van der Waals surface area (Å²) in [6.07, 6.45) is 10.5. The number of rotatable bonds is 1. The molecule has 1 aliphatic carbocycles. The van der Waals surface area contributed by atoms with E-state index < -0.39 is 0 Å². The summed E-state index contributed by atoms with van der Waals surface area (Å²) < 4.78 is 2.67. The molecule has 22 heavy (non-hydrogen) atoms. The normalized spacial score (nSPS) is 25.7. The minimum Gasteiger partial charge on any atom is -0.233 e. The standard InChI is InChI=1S/C19H22NS2/c1-2-8-15(9-3-1)18-14-19(22-21-18)16-10-4-5-11-17(16)20-12-6-7-13-20/h1-3,8-9,14H,4-7,10-13H2/q+1/b19-16-. The molecule has 3 aliphatic rings. The lowest BCUT2D eigenvalue weighted by molar-refractivity contribution is -0.507. The van der Waals surface area contributed by atoms with Gasteiger partial charge < -0.3 is 0 Å². The Bertz CT molecular complexity index is 647. The summed E-state index contributed by atoms with van der Waals surface area (Å²) in [6.45, 7) is 2.55. The maximum Gasteiger partial charge on any atom is 0.180 e. The van der Waals surface area contributed by atoms with Gasteiger partial charge in [-0.15, -0.1) is 0 Å². The van der Waals surface area contributed by atoms with Crippen LogP contribution in [0.15, 0.2) is 46.9 Å². The maximum atomic E-state index is 2.67. The summed E-state index contributed by atoms with van der Waals surface area (Å²) >= 11 is 0. The number of benzene rings is 1. The van der Waals surface area contributed by atoms with E-state index in [1.807, 2.05) is 21.6 Å². The molecule has 1 aromatic carbocycles. The van der Waals surface area contributed by atoms with Gasteiger partial charge in [0.15, 0.2) is 5.71 Å². The molecule has 0 spiro atoms. The highest BCUT2D eigenvalue weighted by Gasteiger charge is 2.29. The highest BCUT2D eigenvalue weighted by atomic mass is 33.1. The molecule has 0 atom stereocenters. The Morgan fingerprint density at radius 1 is 0.818 bits per heavy atom. The van der Waals surface area contributed by atoms with Crippen LogP contribution < -0.4 is 0 Å². The van der Waals surface area contributed by atoms with Gasteiger partial charge in [-0.3, -0.25) is 0 Å². The maximum absolute atomic E-state index is 2.67. The Kier molecular flexibility index (Phi) is 4.44. The molecule has 1 saturated heterocycles. The van der Waals surface area contributed by atoms with Crippen molar-refractivity contribution in [3.8, 4) is 0 Å². The van der Waals surface area contributed by atoms with Crippen molar-refractivity contribution in [2.45, 2.75) is 38.5 Å². The van der Waals surface area contributed by atoms with E-state index in [0.717, 1.165) is 0 Å². The lowest BCUT2D eigenvalue weighted by atomic mass is 9.91. The van der Waals surface area contributed by atoms with E-state index >= 15 is 0 Å². The van der Waals surface area contributed by atoms with E-state index in [0.29, 0.717) is 0 Å². The van der Waals surface area contributed by atoms with Crippen molar-refractivity contribution in [3.05, 3.63) is 52.4 Å². The summed E-state index contributed by atoms with van der Waals surface area (Å²) in [7, 11) is 3.90. The number of hydrogen-bond donors (Lipinski definition) is 0. The molecular formula is C19H22NS2+. The fourth-order valence-electron chi connectivity index (χ4n) is 3.62. The van der Waals surface area contributed by atoms with Crippen LogP contribution >= 0.6 is 21.6 Å². The molecule has 0 unspecified atom stereocenters. The van der Waals surface area contributed by atoms with Crippen LogP contribution in [0.25, 0.3) is 4.91 Å². The molecule has 0 radical (unpaired) electrons. The Morgan fingerprint density at radius 3 is 2.41 bits per heavy atom. The first-order chi connectivity index (χ1) is 10.9. The van der Waals surface area contributed by atoms with E-state index in [-0.39, 0.29) is 0 Å². The zero-order chi connectivity index (χ0) is 14.8. The van der Waals surface area contributed by atoms with E-state index in [4.69, 9.17) is 0 Å². The lowest BCUT2D eigenvalue weighted by Crippen LogP contribution is -2.23. The quantitative estimate of drug-likeness (QED) is 0.495. The highest BCUT2D eigenvalue weighted by Crippen LogP contribution is 2.51. The zero-order valence-corrected chi connectivity index (χ0v) is 14.5. The van der Waals surface area contributed by atoms with Gasteiger partial charge in [0, 0.05) is 34.6 Å². The third kappa shape index (κ3) is 2.93. The van der Waals surface area contributed by atoms with Gasteiger partial charge in [-0.05, 0) is 30.9 Å². The van der Waals surface area contributed by atoms with Crippen LogP contribution in [0, 0.1) is 0 Å². The first kappa shape index (κ1) is 14.6. The van der Waals surface area contributed by atoms with Crippen molar-refractivity contribution in [2.24, 2.45) is 0 Å². The molecule has 2 heterocycles. The predicted octanol–water partition coefficient (Wildman–Crippen LogP) is 5.50. The van der Waals surface area contributed by atoms with E-state index in [9.17, 15) is 0 Å². The van der Waals surface area contributed by atoms with E-state index in [1.54, 1.807) is 11.3 Å². The van der Waals surface area contributed by atoms with Gasteiger partial charge in [-0.25, -0.2) is 4.58 Å². The van der Waals surface area contributed by atoms with Crippen LogP contribution in [0.4, 0.5) is 0 Å². The molecule has 1 saturated carbocycles. The fourth-order valence-corrected chi connectivity index (χ4v) is 6.18. The molecule has 4 rings (SSSR count). The minimum absolute atomic E-state index is 1.27. The summed E-state index contributed by atoms with van der Waals surface area (Å²) in [5.74, 6) is 0. The van der Waals surface area contributed by atoms with E-state index in [2.05, 4.69) is 41.0 Å². The molecule has 0 bridgehead atoms. The Labute approximate surface area is 141 Å². The first-order valence-electron chi connectivity index (χ1n) is 8.38. The number of nitrogens with zero attached hydrogens (tertiary/aromatic N) is 1. The van der Waals surface area contributed by atoms with E-state index in [1.165, 1.54) is 67.0 Å². The summed E-state index contributed by atoms with van der Waals surface area (Å²) in [6, 6.07) is 10.8. The van der Waals surface area contributed by atoms with Crippen molar-refractivity contribution in [2.75, 3.05) is 13.1 Å². The summed E-state index contributed by atoms with van der Waals surface area (Å²) in [5, 5.41) is 0. The van der Waals surface area contributed by atoms with Crippen molar-refractivity contribution >= 4 is 32.2 Å². The Hall–Kier alpha value is -0.930. The smallest absolute Gasteiger partial charge is 0.180 e. The lowest BCUT2D eigenvalue weighted by Gasteiger charge is -2.17. The predicted molar refractivity (Wildman–Crippen MR) is 99.3 cm³/mol. The topological polar surface area (TPSA) is 3.01 Å². The second kappa shape index (κ2) is 6.67. The Morgan fingerprint density at radius 2 is 1.59 bits per heavy atom. The SMILES string of the molecule is C1=C(c2ccccc2)SS/C1=C1/CCCCC1=[N+]1CCCC1. The molecule has 2 fully saturated rings. The van der Waals surface area contributed by atoms with Crippen LogP contribution in [0.2, 0.25) is 0 Å². The van der Waals surface area contributed by atoms with Gasteiger partial charge in [0.05, 0.1) is 0 Å². The Balaban J connectivity index is 1.70. The van der Waals surface area contributed by atoms with Gasteiger partial charge in [-0.1, -0.05) is 51.9 Å². The summed E-state index contributed by atoms with van der Waals surface area (Å²) in [5.41, 5.74) is 4.67. The number of allylic oxidation sites excluding steroid dienone is 2. The average molecular weight is 329 g/mol. The largest absolute Gasteiger partial charge is 0.233 e. The van der Waals surface area contributed by atoms with Gasteiger partial charge in [-0.2, -0.15) is 0 Å². The highest BCUT2D eigenvalue weighted by molar-refractivity contribution is 8.82. The summed E-state index contributed by atoms with van der Waals surface area (Å²) in [4.78, 5) is 2.94. The molecule has 0 N–H and O–H groups in total. The fraction of sp³-hybridized carbons (Fsp3) is 0.421. The monoisotopic (exact) mass is 328 g/mol. The third-order valence-corrected chi connectivity index (χ3v) is 7.25.